The second-order valence-corrected chi connectivity index (χ2v) is 4.64. The zero-order valence-corrected chi connectivity index (χ0v) is 11.1. The number of carboxylic acids is 1. The van der Waals surface area contributed by atoms with E-state index in [1.807, 2.05) is 20.8 Å². The third kappa shape index (κ3) is 3.35. The predicted octanol–water partition coefficient (Wildman–Crippen LogP) is 1.88. The van der Waals surface area contributed by atoms with Crippen LogP contribution in [0.5, 0.6) is 0 Å². The molecule has 1 amide bonds. The van der Waals surface area contributed by atoms with Gasteiger partial charge in [0, 0.05) is 11.7 Å². The van der Waals surface area contributed by atoms with Gasteiger partial charge in [-0.15, -0.1) is 0 Å². The van der Waals surface area contributed by atoms with E-state index in [4.69, 9.17) is 5.11 Å². The largest absolute Gasteiger partial charge is 0.480 e. The van der Waals surface area contributed by atoms with Gasteiger partial charge in [0.15, 0.2) is 0 Å². The Kier molecular flexibility index (Phi) is 4.53. The highest BCUT2D eigenvalue weighted by Gasteiger charge is 2.24. The molecule has 0 spiro atoms. The number of amides is 1. The number of carboxylic acid groups (broad SMARTS) is 1. The van der Waals surface area contributed by atoms with Crippen LogP contribution in [0.1, 0.15) is 44.1 Å². The maximum absolute atomic E-state index is 12.1. The number of carbonyl (C=O) groups is 2. The number of aliphatic carboxylic acids is 1. The lowest BCUT2D eigenvalue weighted by Gasteiger charge is -2.28. The maximum Gasteiger partial charge on any atom is 0.323 e. The van der Waals surface area contributed by atoms with Gasteiger partial charge in [0.05, 0.1) is 0 Å². The van der Waals surface area contributed by atoms with E-state index in [0.717, 1.165) is 12.8 Å². The summed E-state index contributed by atoms with van der Waals surface area (Å²) in [6, 6.07) is 3.30. The molecule has 0 unspecified atom stereocenters. The first-order chi connectivity index (χ1) is 8.41. The Balaban J connectivity index is 2.85. The standard InChI is InChI=1S/C13H20N2O3/c1-4-13(3,5-2)14-12(18)10-7-6-8-15(10)9-11(16)17/h6-8H,4-5,9H2,1-3H3,(H,14,18)(H,16,17). The van der Waals surface area contributed by atoms with Crippen LogP contribution in [0.15, 0.2) is 18.3 Å². The van der Waals surface area contributed by atoms with Crippen LogP contribution in [0.4, 0.5) is 0 Å². The molecule has 0 aliphatic rings. The second kappa shape index (κ2) is 5.71. The number of aromatic nitrogens is 1. The Morgan fingerprint density at radius 2 is 2.00 bits per heavy atom. The minimum absolute atomic E-state index is 0.204. The van der Waals surface area contributed by atoms with Crippen LogP contribution in [0.25, 0.3) is 0 Å². The molecular formula is C13H20N2O3. The molecule has 1 rings (SSSR count). The number of nitrogens with one attached hydrogen (secondary N) is 1. The van der Waals surface area contributed by atoms with Crippen LogP contribution >= 0.6 is 0 Å². The van der Waals surface area contributed by atoms with Crippen LogP contribution in [0.2, 0.25) is 0 Å². The molecule has 0 aliphatic heterocycles. The van der Waals surface area contributed by atoms with E-state index in [1.165, 1.54) is 4.57 Å². The summed E-state index contributed by atoms with van der Waals surface area (Å²) in [5.41, 5.74) is 0.126. The van der Waals surface area contributed by atoms with Crippen molar-refractivity contribution >= 4 is 11.9 Å². The molecule has 1 heterocycles. The fraction of sp³-hybridized carbons (Fsp3) is 0.538. The molecule has 0 saturated heterocycles. The molecule has 0 radical (unpaired) electrons. The van der Waals surface area contributed by atoms with E-state index < -0.39 is 5.97 Å². The number of hydrogen-bond donors (Lipinski definition) is 2. The van der Waals surface area contributed by atoms with Crippen molar-refractivity contribution in [3.63, 3.8) is 0 Å². The fourth-order valence-electron chi connectivity index (χ4n) is 1.67. The van der Waals surface area contributed by atoms with Crippen molar-refractivity contribution in [3.8, 4) is 0 Å². The third-order valence-electron chi connectivity index (χ3n) is 3.34. The Hall–Kier alpha value is -1.78. The first-order valence-corrected chi connectivity index (χ1v) is 6.11. The van der Waals surface area contributed by atoms with Crippen LogP contribution in [0, 0.1) is 0 Å². The van der Waals surface area contributed by atoms with Gasteiger partial charge in [0.1, 0.15) is 12.2 Å². The van der Waals surface area contributed by atoms with E-state index >= 15 is 0 Å². The summed E-state index contributed by atoms with van der Waals surface area (Å²) in [5.74, 6) is -1.19. The molecule has 0 saturated carbocycles. The first kappa shape index (κ1) is 14.3. The Bertz CT molecular complexity index is 433. The highest BCUT2D eigenvalue weighted by Crippen LogP contribution is 2.15. The van der Waals surface area contributed by atoms with E-state index in [2.05, 4.69) is 5.32 Å². The zero-order valence-electron chi connectivity index (χ0n) is 11.1. The minimum atomic E-state index is -0.964. The summed E-state index contributed by atoms with van der Waals surface area (Å²) in [5, 5.41) is 11.7. The molecule has 0 fully saturated rings. The molecule has 0 atom stereocenters. The summed E-state index contributed by atoms with van der Waals surface area (Å²) in [4.78, 5) is 22.8. The predicted molar refractivity (Wildman–Crippen MR) is 68.5 cm³/mol. The number of rotatable bonds is 6. The van der Waals surface area contributed by atoms with Crippen molar-refractivity contribution in [2.24, 2.45) is 0 Å². The molecule has 1 aromatic heterocycles. The van der Waals surface area contributed by atoms with E-state index in [1.54, 1.807) is 18.3 Å². The van der Waals surface area contributed by atoms with Gasteiger partial charge in [-0.1, -0.05) is 13.8 Å². The van der Waals surface area contributed by atoms with Gasteiger partial charge in [-0.2, -0.15) is 0 Å². The molecule has 0 aromatic carbocycles. The summed E-state index contributed by atoms with van der Waals surface area (Å²) in [7, 11) is 0. The second-order valence-electron chi connectivity index (χ2n) is 4.64. The van der Waals surface area contributed by atoms with Crippen LogP contribution < -0.4 is 5.32 Å². The third-order valence-corrected chi connectivity index (χ3v) is 3.34. The molecule has 0 bridgehead atoms. The van der Waals surface area contributed by atoms with Crippen molar-refractivity contribution in [3.05, 3.63) is 24.0 Å². The zero-order chi connectivity index (χ0) is 13.8. The number of carbonyl (C=O) groups excluding carboxylic acids is 1. The highest BCUT2D eigenvalue weighted by molar-refractivity contribution is 5.93. The molecular weight excluding hydrogens is 232 g/mol. The van der Waals surface area contributed by atoms with Crippen LogP contribution in [-0.2, 0) is 11.3 Å². The molecule has 100 valence electrons. The summed E-state index contributed by atoms with van der Waals surface area (Å²) >= 11 is 0. The molecule has 1 aromatic rings. The summed E-state index contributed by atoms with van der Waals surface area (Å²) in [6.45, 7) is 5.81. The van der Waals surface area contributed by atoms with Gasteiger partial charge in [0.25, 0.3) is 5.91 Å². The molecule has 18 heavy (non-hydrogen) atoms. The topological polar surface area (TPSA) is 71.3 Å². The molecule has 5 heteroatoms. The lowest BCUT2D eigenvalue weighted by atomic mass is 9.95. The average molecular weight is 252 g/mol. The van der Waals surface area contributed by atoms with Crippen molar-refractivity contribution < 1.29 is 14.7 Å². The SMILES string of the molecule is CCC(C)(CC)NC(=O)c1cccn1CC(=O)O. The van der Waals surface area contributed by atoms with Crippen molar-refractivity contribution in [2.75, 3.05) is 0 Å². The Labute approximate surface area is 107 Å². The summed E-state index contributed by atoms with van der Waals surface area (Å²) in [6.07, 6.45) is 3.25. The van der Waals surface area contributed by atoms with E-state index in [9.17, 15) is 9.59 Å². The summed E-state index contributed by atoms with van der Waals surface area (Å²) < 4.78 is 1.43. The van der Waals surface area contributed by atoms with Gasteiger partial charge in [-0.25, -0.2) is 0 Å². The highest BCUT2D eigenvalue weighted by atomic mass is 16.4. The first-order valence-electron chi connectivity index (χ1n) is 6.11. The minimum Gasteiger partial charge on any atom is -0.480 e. The van der Waals surface area contributed by atoms with Crippen molar-refractivity contribution in [1.29, 1.82) is 0 Å². The van der Waals surface area contributed by atoms with Gasteiger partial charge in [0.2, 0.25) is 0 Å². The van der Waals surface area contributed by atoms with Crippen molar-refractivity contribution in [1.82, 2.24) is 9.88 Å². The van der Waals surface area contributed by atoms with Gasteiger partial charge in [-0.05, 0) is 31.9 Å². The number of nitrogens with zero attached hydrogens (tertiary/aromatic N) is 1. The smallest absolute Gasteiger partial charge is 0.323 e. The van der Waals surface area contributed by atoms with Gasteiger partial charge >= 0.3 is 5.97 Å². The number of hydrogen-bond acceptors (Lipinski definition) is 2. The Morgan fingerprint density at radius 1 is 1.39 bits per heavy atom. The van der Waals surface area contributed by atoms with Gasteiger partial charge < -0.3 is 15.0 Å². The fourth-order valence-corrected chi connectivity index (χ4v) is 1.67. The normalized spacial score (nSPS) is 11.3. The molecule has 2 N–H and O–H groups in total. The lowest BCUT2D eigenvalue weighted by molar-refractivity contribution is -0.137. The van der Waals surface area contributed by atoms with Crippen LogP contribution in [0.3, 0.4) is 0 Å². The average Bonchev–Trinajstić information content (AvgIpc) is 2.76. The maximum atomic E-state index is 12.1. The Morgan fingerprint density at radius 3 is 2.50 bits per heavy atom. The lowest BCUT2D eigenvalue weighted by Crippen LogP contribution is -2.45. The van der Waals surface area contributed by atoms with Gasteiger partial charge in [-0.3, -0.25) is 9.59 Å². The van der Waals surface area contributed by atoms with Crippen LogP contribution in [-0.4, -0.2) is 27.1 Å². The molecule has 5 nitrogen and oxygen atoms in total. The van der Waals surface area contributed by atoms with Crippen molar-refractivity contribution in [2.45, 2.75) is 45.7 Å². The van der Waals surface area contributed by atoms with E-state index in [0.29, 0.717) is 5.69 Å². The quantitative estimate of drug-likeness (QED) is 0.812. The monoisotopic (exact) mass is 252 g/mol. The van der Waals surface area contributed by atoms with E-state index in [-0.39, 0.29) is 18.0 Å². The molecule has 0 aliphatic carbocycles.